The second-order valence-electron chi connectivity index (χ2n) is 7.56. The zero-order chi connectivity index (χ0) is 24.9. The highest BCUT2D eigenvalue weighted by atomic mass is 16.4. The molecule has 0 spiro atoms. The number of nitrogens with one attached hydrogen (secondary N) is 1. The second kappa shape index (κ2) is 20.5. The lowest BCUT2D eigenvalue weighted by Gasteiger charge is -2.17. The number of carbonyl (C=O) groups is 3. The summed E-state index contributed by atoms with van der Waals surface area (Å²) in [5, 5.41) is 28.8. The van der Waals surface area contributed by atoms with Crippen LogP contribution in [-0.4, -0.2) is 70.4 Å². The molecule has 0 fully saturated rings. The van der Waals surface area contributed by atoms with Crippen LogP contribution in [0.25, 0.3) is 0 Å². The maximum absolute atomic E-state index is 11.0. The fourth-order valence-electron chi connectivity index (χ4n) is 2.67. The van der Waals surface area contributed by atoms with E-state index in [1.165, 1.54) is 13.3 Å². The lowest BCUT2D eigenvalue weighted by molar-refractivity contribution is -0.142. The summed E-state index contributed by atoms with van der Waals surface area (Å²) >= 11 is 0. The third-order valence-electron chi connectivity index (χ3n) is 4.60. The molecule has 0 aliphatic carbocycles. The first kappa shape index (κ1) is 31.7. The van der Waals surface area contributed by atoms with Gasteiger partial charge < -0.3 is 38.3 Å². The number of aliphatic imine (C=N–C) groups is 1. The molecule has 0 saturated heterocycles. The summed E-state index contributed by atoms with van der Waals surface area (Å²) in [7, 11) is 0. The Labute approximate surface area is 189 Å². The van der Waals surface area contributed by atoms with Crippen LogP contribution in [0.2, 0.25) is 0 Å². The molecule has 1 unspecified atom stereocenters. The van der Waals surface area contributed by atoms with Gasteiger partial charge in [-0.15, -0.1) is 0 Å². The van der Waals surface area contributed by atoms with Crippen molar-refractivity contribution < 1.29 is 29.7 Å². The van der Waals surface area contributed by atoms with Crippen LogP contribution < -0.4 is 28.3 Å². The van der Waals surface area contributed by atoms with Gasteiger partial charge in [0, 0.05) is 6.54 Å². The average Bonchev–Trinajstić information content (AvgIpc) is 2.71. The highest BCUT2D eigenvalue weighted by Crippen LogP contribution is 2.10. The summed E-state index contributed by atoms with van der Waals surface area (Å²) in [6.45, 7) is 2.62. The number of unbranched alkanes of at least 4 members (excludes halogenated alkanes) is 6. The monoisotopic (exact) mass is 462 g/mol. The Morgan fingerprint density at radius 3 is 1.78 bits per heavy atom. The number of nitrogens with two attached hydrogens (primary N) is 4. The number of hydrogen-bond acceptors (Lipinski definition) is 7. The average molecular weight is 463 g/mol. The van der Waals surface area contributed by atoms with Crippen LogP contribution in [0.1, 0.15) is 71.1 Å². The summed E-state index contributed by atoms with van der Waals surface area (Å²) in [6.07, 6.45) is 8.84. The molecule has 0 aliphatic heterocycles. The zero-order valence-electron chi connectivity index (χ0n) is 19.0. The van der Waals surface area contributed by atoms with Crippen molar-refractivity contribution in [3.63, 3.8) is 0 Å². The van der Waals surface area contributed by atoms with Gasteiger partial charge in [0.2, 0.25) is 0 Å². The molecule has 0 aromatic carbocycles. The minimum absolute atomic E-state index is 0.0129. The Bertz CT molecular complexity index is 557. The minimum Gasteiger partial charge on any atom is -0.480 e. The van der Waals surface area contributed by atoms with E-state index in [4.69, 9.17) is 38.3 Å². The maximum atomic E-state index is 11.0. The molecule has 3 atom stereocenters. The van der Waals surface area contributed by atoms with E-state index >= 15 is 0 Å². The van der Waals surface area contributed by atoms with Gasteiger partial charge in [0.1, 0.15) is 18.1 Å². The van der Waals surface area contributed by atoms with Crippen molar-refractivity contribution in [3.05, 3.63) is 0 Å². The lowest BCUT2D eigenvalue weighted by Crippen LogP contribution is -2.45. The van der Waals surface area contributed by atoms with Crippen molar-refractivity contribution in [2.45, 2.75) is 89.3 Å². The van der Waals surface area contributed by atoms with E-state index in [1.807, 2.05) is 0 Å². The molecular formula is C20H42N6O6. The molecule has 0 aromatic heterocycles. The Balaban J connectivity index is 0. The first-order valence-corrected chi connectivity index (χ1v) is 11.0. The van der Waals surface area contributed by atoms with Crippen molar-refractivity contribution >= 4 is 23.9 Å². The molecule has 0 amide bonds. The predicted octanol–water partition coefficient (Wildman–Crippen LogP) is 0.0337. The standard InChI is InChI=1S/C14H28N2O4.C6H14N4O2/c1-11(13(17)18)16-12(14(19)20)9-7-5-3-2-4-6-8-10-15;7-4(5(11)12)2-1-3-10-6(8)9/h11-12,16H,2-10,15H2,1H3,(H,17,18)(H,19,20);4H,1-3,7H2,(H,11,12)(H4,8,9,10)/t11-,12+;/m1./s1. The van der Waals surface area contributed by atoms with E-state index in [0.717, 1.165) is 45.1 Å². The van der Waals surface area contributed by atoms with E-state index in [-0.39, 0.29) is 5.96 Å². The SMILES string of the molecule is C[C@@H](N[C@@H](CCCCCCCCCN)C(=O)O)C(=O)O.NC(N)=NCCCC(N)C(=O)O. The van der Waals surface area contributed by atoms with Crippen molar-refractivity contribution in [1.29, 1.82) is 0 Å². The molecular weight excluding hydrogens is 420 g/mol. The van der Waals surface area contributed by atoms with Crippen LogP contribution in [0.15, 0.2) is 4.99 Å². The van der Waals surface area contributed by atoms with Crippen LogP contribution in [0.4, 0.5) is 0 Å². The van der Waals surface area contributed by atoms with Gasteiger partial charge in [-0.1, -0.05) is 38.5 Å². The van der Waals surface area contributed by atoms with Crippen LogP contribution >= 0.6 is 0 Å². The third kappa shape index (κ3) is 20.8. The van der Waals surface area contributed by atoms with Crippen LogP contribution in [0, 0.1) is 0 Å². The number of guanidine groups is 1. The summed E-state index contributed by atoms with van der Waals surface area (Å²) in [6, 6.07) is -2.44. The van der Waals surface area contributed by atoms with Crippen LogP contribution in [-0.2, 0) is 14.4 Å². The number of rotatable bonds is 18. The van der Waals surface area contributed by atoms with Crippen molar-refractivity contribution in [3.8, 4) is 0 Å². The fourth-order valence-corrected chi connectivity index (χ4v) is 2.67. The predicted molar refractivity (Wildman–Crippen MR) is 123 cm³/mol. The number of carboxylic acid groups (broad SMARTS) is 3. The van der Waals surface area contributed by atoms with Gasteiger partial charge in [-0.3, -0.25) is 24.7 Å². The van der Waals surface area contributed by atoms with Crippen LogP contribution in [0.5, 0.6) is 0 Å². The van der Waals surface area contributed by atoms with E-state index in [2.05, 4.69) is 10.3 Å². The molecule has 12 nitrogen and oxygen atoms in total. The zero-order valence-corrected chi connectivity index (χ0v) is 19.0. The molecule has 32 heavy (non-hydrogen) atoms. The molecule has 0 bridgehead atoms. The molecule has 0 aromatic rings. The van der Waals surface area contributed by atoms with E-state index < -0.39 is 36.0 Å². The van der Waals surface area contributed by atoms with Gasteiger partial charge in [-0.05, 0) is 39.2 Å². The molecule has 12 heteroatoms. The largest absolute Gasteiger partial charge is 0.480 e. The molecule has 0 radical (unpaired) electrons. The Kier molecular flexibility index (Phi) is 20.3. The maximum Gasteiger partial charge on any atom is 0.320 e. The van der Waals surface area contributed by atoms with E-state index in [9.17, 15) is 14.4 Å². The summed E-state index contributed by atoms with van der Waals surface area (Å²) < 4.78 is 0. The van der Waals surface area contributed by atoms with Gasteiger partial charge in [-0.25, -0.2) is 0 Å². The van der Waals surface area contributed by atoms with Gasteiger partial charge in [0.25, 0.3) is 0 Å². The van der Waals surface area contributed by atoms with Gasteiger partial charge in [-0.2, -0.15) is 0 Å². The molecule has 0 aliphatic rings. The number of nitrogens with zero attached hydrogens (tertiary/aromatic N) is 1. The Morgan fingerprint density at radius 2 is 1.34 bits per heavy atom. The quantitative estimate of drug-likeness (QED) is 0.0767. The lowest BCUT2D eigenvalue weighted by atomic mass is 10.0. The Hall–Kier alpha value is -2.44. The summed E-state index contributed by atoms with van der Waals surface area (Å²) in [5.74, 6) is -3.00. The summed E-state index contributed by atoms with van der Waals surface area (Å²) in [5.41, 5.74) is 20.7. The third-order valence-corrected chi connectivity index (χ3v) is 4.60. The van der Waals surface area contributed by atoms with Crippen molar-refractivity contribution in [2.24, 2.45) is 27.9 Å². The van der Waals surface area contributed by atoms with Gasteiger partial charge in [0.05, 0.1) is 0 Å². The number of carboxylic acids is 3. The smallest absolute Gasteiger partial charge is 0.320 e. The normalized spacial score (nSPS) is 13.2. The van der Waals surface area contributed by atoms with Crippen LogP contribution in [0.3, 0.4) is 0 Å². The fraction of sp³-hybridized carbons (Fsp3) is 0.800. The first-order chi connectivity index (χ1) is 15.0. The Morgan fingerprint density at radius 1 is 0.812 bits per heavy atom. The molecule has 0 saturated carbocycles. The second-order valence-corrected chi connectivity index (χ2v) is 7.56. The molecule has 0 rings (SSSR count). The molecule has 12 N–H and O–H groups in total. The van der Waals surface area contributed by atoms with Gasteiger partial charge >= 0.3 is 17.9 Å². The number of aliphatic carboxylic acids is 3. The highest BCUT2D eigenvalue weighted by molar-refractivity contribution is 5.77. The van der Waals surface area contributed by atoms with Crippen molar-refractivity contribution in [1.82, 2.24) is 5.32 Å². The number of hydrogen-bond donors (Lipinski definition) is 8. The minimum atomic E-state index is -1.03. The molecule has 0 heterocycles. The molecule has 188 valence electrons. The van der Waals surface area contributed by atoms with Crippen molar-refractivity contribution in [2.75, 3.05) is 13.1 Å². The summed E-state index contributed by atoms with van der Waals surface area (Å²) in [4.78, 5) is 35.6. The topological polar surface area (TPSA) is 240 Å². The first-order valence-electron chi connectivity index (χ1n) is 11.0. The van der Waals surface area contributed by atoms with Gasteiger partial charge in [0.15, 0.2) is 5.96 Å². The van der Waals surface area contributed by atoms with E-state index in [0.29, 0.717) is 25.8 Å². The highest BCUT2D eigenvalue weighted by Gasteiger charge is 2.22. The van der Waals surface area contributed by atoms with E-state index in [1.54, 1.807) is 0 Å².